The third-order valence-electron chi connectivity index (χ3n) is 7.88. The molecule has 0 amide bonds. The fourth-order valence-electron chi connectivity index (χ4n) is 5.88. The van der Waals surface area contributed by atoms with Crippen LogP contribution >= 0.6 is 0 Å². The molecule has 4 heterocycles. The maximum absolute atomic E-state index is 6.12. The summed E-state index contributed by atoms with van der Waals surface area (Å²) in [6.45, 7) is 17.7. The van der Waals surface area contributed by atoms with Crippen LogP contribution in [0.25, 0.3) is 22.5 Å². The summed E-state index contributed by atoms with van der Waals surface area (Å²) in [5.74, 6) is 1.75. The first kappa shape index (κ1) is 24.9. The maximum atomic E-state index is 6.12. The van der Waals surface area contributed by atoms with Crippen LogP contribution in [0.4, 0.5) is 0 Å². The van der Waals surface area contributed by atoms with Gasteiger partial charge < -0.3 is 4.74 Å². The second kappa shape index (κ2) is 9.93. The van der Waals surface area contributed by atoms with Crippen molar-refractivity contribution in [2.24, 2.45) is 4.99 Å². The minimum absolute atomic E-state index is 0.130. The summed E-state index contributed by atoms with van der Waals surface area (Å²) >= 11 is 0. The molecule has 188 valence electrons. The number of allylic oxidation sites excluding steroid dienone is 3. The Hall–Kier alpha value is -3.79. The molecule has 0 bridgehead atoms. The Kier molecular flexibility index (Phi) is 6.68. The first-order valence-corrected chi connectivity index (χ1v) is 13.2. The molecule has 2 aromatic heterocycles. The fraction of sp³-hybridized carbons (Fsp3) is 0.303. The molecule has 1 aromatic carbocycles. The van der Waals surface area contributed by atoms with Crippen LogP contribution < -0.4 is 9.13 Å². The molecule has 5 rings (SSSR count). The lowest BCUT2D eigenvalue weighted by Gasteiger charge is -2.29. The van der Waals surface area contributed by atoms with Crippen LogP contribution in [-0.4, -0.2) is 12.9 Å². The standard InChI is InChI=1S/C33H37N3O/c1-21(2)26-17-19-35-23(4)33-28-13-9-8-12-27(28)29-14-10-11-18-36(29)30(33)16-15-22(3)32(31(35)20-26)24(5)37-25(6)34-7/h8-14,17-21,30,33H,4-5,15-16H2,1-3,6-7H3/q+2/b32-22-,34-25?. The van der Waals surface area contributed by atoms with Gasteiger partial charge in [-0.1, -0.05) is 44.2 Å². The number of pyridine rings is 2. The summed E-state index contributed by atoms with van der Waals surface area (Å²) in [7, 11) is 1.74. The lowest BCUT2D eigenvalue weighted by Crippen LogP contribution is -2.50. The molecule has 2 aliphatic rings. The Morgan fingerprint density at radius 1 is 1.05 bits per heavy atom. The van der Waals surface area contributed by atoms with Gasteiger partial charge in [-0.05, 0) is 49.1 Å². The van der Waals surface area contributed by atoms with E-state index in [4.69, 9.17) is 11.3 Å². The molecule has 2 aliphatic heterocycles. The highest BCUT2D eigenvalue weighted by atomic mass is 16.5. The van der Waals surface area contributed by atoms with Crippen molar-refractivity contribution in [3.8, 4) is 11.3 Å². The molecule has 3 aromatic rings. The van der Waals surface area contributed by atoms with Crippen molar-refractivity contribution in [1.82, 2.24) is 0 Å². The van der Waals surface area contributed by atoms with Crippen molar-refractivity contribution in [3.63, 3.8) is 0 Å². The molecule has 0 radical (unpaired) electrons. The molecule has 0 saturated heterocycles. The molecule has 2 unspecified atom stereocenters. The van der Waals surface area contributed by atoms with Gasteiger partial charge in [0.15, 0.2) is 30.0 Å². The number of nitrogens with zero attached hydrogens (tertiary/aromatic N) is 3. The molecular weight excluding hydrogens is 454 g/mol. The number of aliphatic imine (C=N–C) groups is 1. The van der Waals surface area contributed by atoms with Gasteiger partial charge in [0.25, 0.3) is 0 Å². The van der Waals surface area contributed by atoms with Crippen molar-refractivity contribution in [3.05, 3.63) is 108 Å². The van der Waals surface area contributed by atoms with E-state index < -0.39 is 0 Å². The smallest absolute Gasteiger partial charge is 0.222 e. The summed E-state index contributed by atoms with van der Waals surface area (Å²) in [5, 5.41) is 0. The summed E-state index contributed by atoms with van der Waals surface area (Å²) in [4.78, 5) is 4.22. The zero-order chi connectivity index (χ0) is 26.3. The average molecular weight is 492 g/mol. The molecule has 0 N–H and O–H groups in total. The van der Waals surface area contributed by atoms with Crippen molar-refractivity contribution in [2.45, 2.75) is 58.4 Å². The topological polar surface area (TPSA) is 29.3 Å². The van der Waals surface area contributed by atoms with Crippen LogP contribution in [0.15, 0.2) is 96.5 Å². The molecule has 0 fully saturated rings. The molecular formula is C33H37N3O+2. The zero-order valence-corrected chi connectivity index (χ0v) is 22.7. The molecule has 37 heavy (non-hydrogen) atoms. The van der Waals surface area contributed by atoms with Crippen LogP contribution in [0.5, 0.6) is 0 Å². The average Bonchev–Trinajstić information content (AvgIpc) is 2.95. The molecule has 0 aliphatic carbocycles. The summed E-state index contributed by atoms with van der Waals surface area (Å²) in [5.41, 5.74) is 9.58. The monoisotopic (exact) mass is 491 g/mol. The van der Waals surface area contributed by atoms with Gasteiger partial charge in [-0.25, -0.2) is 0 Å². The Bertz CT molecular complexity index is 1460. The van der Waals surface area contributed by atoms with Gasteiger partial charge in [0, 0.05) is 44.7 Å². The van der Waals surface area contributed by atoms with E-state index in [2.05, 4.69) is 108 Å². The van der Waals surface area contributed by atoms with Crippen LogP contribution in [0, 0.1) is 0 Å². The van der Waals surface area contributed by atoms with Gasteiger partial charge in [0.05, 0.1) is 11.1 Å². The first-order valence-electron chi connectivity index (χ1n) is 13.2. The van der Waals surface area contributed by atoms with Crippen molar-refractivity contribution in [1.29, 1.82) is 0 Å². The molecule has 4 heteroatoms. The Morgan fingerprint density at radius 3 is 2.57 bits per heavy atom. The van der Waals surface area contributed by atoms with Crippen molar-refractivity contribution < 1.29 is 13.9 Å². The lowest BCUT2D eigenvalue weighted by molar-refractivity contribution is -0.720. The van der Waals surface area contributed by atoms with E-state index in [0.717, 1.165) is 29.8 Å². The number of ether oxygens (including phenoxy) is 1. The normalized spacial score (nSPS) is 21.1. The van der Waals surface area contributed by atoms with Gasteiger partial charge >= 0.3 is 0 Å². The summed E-state index contributed by atoms with van der Waals surface area (Å²) in [6.07, 6.45) is 6.31. The largest absolute Gasteiger partial charge is 0.443 e. The van der Waals surface area contributed by atoms with E-state index in [1.807, 2.05) is 6.92 Å². The van der Waals surface area contributed by atoms with E-state index in [1.165, 1.54) is 28.0 Å². The van der Waals surface area contributed by atoms with Crippen molar-refractivity contribution in [2.75, 3.05) is 7.05 Å². The van der Waals surface area contributed by atoms with Gasteiger partial charge in [-0.3, -0.25) is 4.99 Å². The van der Waals surface area contributed by atoms with E-state index in [-0.39, 0.29) is 12.0 Å². The second-order valence-corrected chi connectivity index (χ2v) is 10.4. The third-order valence-corrected chi connectivity index (χ3v) is 7.88. The van der Waals surface area contributed by atoms with E-state index in [9.17, 15) is 0 Å². The Morgan fingerprint density at radius 2 is 1.81 bits per heavy atom. The highest BCUT2D eigenvalue weighted by Crippen LogP contribution is 2.45. The minimum Gasteiger partial charge on any atom is -0.443 e. The maximum Gasteiger partial charge on any atom is 0.222 e. The molecule has 0 spiro atoms. The quantitative estimate of drug-likeness (QED) is 0.168. The molecule has 0 saturated carbocycles. The van der Waals surface area contributed by atoms with Crippen molar-refractivity contribution >= 4 is 17.2 Å². The van der Waals surface area contributed by atoms with E-state index >= 15 is 0 Å². The van der Waals surface area contributed by atoms with Crippen LogP contribution in [0.1, 0.15) is 75.2 Å². The van der Waals surface area contributed by atoms with Gasteiger partial charge in [0.1, 0.15) is 11.7 Å². The Labute approximate surface area is 221 Å². The summed E-state index contributed by atoms with van der Waals surface area (Å²) in [6, 6.07) is 20.1. The van der Waals surface area contributed by atoms with Gasteiger partial charge in [-0.2, -0.15) is 9.13 Å². The van der Waals surface area contributed by atoms with Gasteiger partial charge in [-0.15, -0.1) is 0 Å². The SMILES string of the molecule is C=C(OC(C)=NC)/C1=C(\C)CCC2C(C(=C)[n+]3ccc(C(C)C)cc31)c1ccccc1-c1cccc[n+]12. The number of hydrogen-bond acceptors (Lipinski definition) is 2. The summed E-state index contributed by atoms with van der Waals surface area (Å²) < 4.78 is 10.8. The molecule has 2 atom stereocenters. The molecule has 4 nitrogen and oxygen atoms in total. The van der Waals surface area contributed by atoms with Gasteiger partial charge in [0.2, 0.25) is 11.4 Å². The highest BCUT2D eigenvalue weighted by Gasteiger charge is 2.46. The van der Waals surface area contributed by atoms with Crippen LogP contribution in [0.2, 0.25) is 0 Å². The van der Waals surface area contributed by atoms with E-state index in [0.29, 0.717) is 17.6 Å². The lowest BCUT2D eigenvalue weighted by atomic mass is 9.79. The highest BCUT2D eigenvalue weighted by molar-refractivity contribution is 5.82. The zero-order valence-electron chi connectivity index (χ0n) is 22.7. The fourth-order valence-corrected chi connectivity index (χ4v) is 5.88. The number of benzene rings is 1. The predicted molar refractivity (Wildman–Crippen MR) is 151 cm³/mol. The Balaban J connectivity index is 1.77. The number of fused-ring (bicyclic) bond motifs is 7. The number of aromatic nitrogens is 2. The second-order valence-electron chi connectivity index (χ2n) is 10.4. The van der Waals surface area contributed by atoms with Crippen LogP contribution in [0.3, 0.4) is 0 Å². The number of rotatable bonds is 3. The predicted octanol–water partition coefficient (Wildman–Crippen LogP) is 7.01. The number of hydrogen-bond donors (Lipinski definition) is 0. The van der Waals surface area contributed by atoms with E-state index in [1.54, 1.807) is 7.05 Å². The van der Waals surface area contributed by atoms with Crippen LogP contribution in [-0.2, 0) is 4.74 Å². The third kappa shape index (κ3) is 4.35. The first-order chi connectivity index (χ1) is 17.8. The minimum atomic E-state index is 0.130.